The van der Waals surface area contributed by atoms with Crippen LogP contribution < -0.4 is 5.32 Å². The molecular formula is C14H8Br2N2OS2. The van der Waals surface area contributed by atoms with Crippen LogP contribution >= 0.6 is 54.5 Å². The van der Waals surface area contributed by atoms with Crippen LogP contribution in [0.1, 0.15) is 10.4 Å². The molecule has 0 saturated heterocycles. The summed E-state index contributed by atoms with van der Waals surface area (Å²) in [5, 5.41) is 5.36. The Labute approximate surface area is 146 Å². The minimum absolute atomic E-state index is 0.157. The molecule has 2 heterocycles. The van der Waals surface area contributed by atoms with Crippen LogP contribution in [0.15, 0.2) is 50.0 Å². The summed E-state index contributed by atoms with van der Waals surface area (Å²) in [6.07, 6.45) is 0. The van der Waals surface area contributed by atoms with Crippen molar-refractivity contribution in [1.82, 2.24) is 4.98 Å². The molecule has 0 aliphatic carbocycles. The lowest BCUT2D eigenvalue weighted by molar-refractivity contribution is 0.102. The molecule has 0 atom stereocenters. The van der Waals surface area contributed by atoms with E-state index in [-0.39, 0.29) is 5.91 Å². The van der Waals surface area contributed by atoms with Gasteiger partial charge in [0.15, 0.2) is 5.13 Å². The number of benzene rings is 1. The fourth-order valence-electron chi connectivity index (χ4n) is 1.67. The number of hydrogen-bond donors (Lipinski definition) is 1. The van der Waals surface area contributed by atoms with E-state index in [2.05, 4.69) is 42.2 Å². The Bertz CT molecular complexity index is 780. The minimum Gasteiger partial charge on any atom is -0.298 e. The number of amides is 1. The Balaban J connectivity index is 1.75. The normalized spacial score (nSPS) is 10.6. The predicted octanol–water partition coefficient (Wildman–Crippen LogP) is 5.65. The molecule has 0 bridgehead atoms. The van der Waals surface area contributed by atoms with E-state index in [0.717, 1.165) is 18.8 Å². The zero-order chi connectivity index (χ0) is 14.8. The first kappa shape index (κ1) is 14.9. The molecule has 106 valence electrons. The summed E-state index contributed by atoms with van der Waals surface area (Å²) in [6.45, 7) is 0. The highest BCUT2D eigenvalue weighted by molar-refractivity contribution is 9.11. The summed E-state index contributed by atoms with van der Waals surface area (Å²) in [6, 6.07) is 11.2. The number of nitrogens with one attached hydrogen (secondary N) is 1. The van der Waals surface area contributed by atoms with Crippen LogP contribution in [-0.4, -0.2) is 10.9 Å². The van der Waals surface area contributed by atoms with Gasteiger partial charge in [-0.3, -0.25) is 10.1 Å². The van der Waals surface area contributed by atoms with Crippen LogP contribution in [0.5, 0.6) is 0 Å². The van der Waals surface area contributed by atoms with Gasteiger partial charge in [-0.05, 0) is 52.3 Å². The predicted molar refractivity (Wildman–Crippen MR) is 95.2 cm³/mol. The zero-order valence-corrected chi connectivity index (χ0v) is 15.3. The summed E-state index contributed by atoms with van der Waals surface area (Å²) in [7, 11) is 0. The largest absolute Gasteiger partial charge is 0.298 e. The summed E-state index contributed by atoms with van der Waals surface area (Å²) in [5.74, 6) is -0.157. The van der Waals surface area contributed by atoms with E-state index in [1.165, 1.54) is 11.3 Å². The number of nitrogens with zero attached hydrogens (tertiary/aromatic N) is 1. The lowest BCUT2D eigenvalue weighted by Gasteiger charge is -2.01. The van der Waals surface area contributed by atoms with Crippen molar-refractivity contribution >= 4 is 65.6 Å². The van der Waals surface area contributed by atoms with E-state index >= 15 is 0 Å². The maximum absolute atomic E-state index is 12.1. The number of carbonyl (C=O) groups is 1. The van der Waals surface area contributed by atoms with Crippen LogP contribution in [0.4, 0.5) is 5.13 Å². The van der Waals surface area contributed by atoms with Gasteiger partial charge in [0.25, 0.3) is 5.91 Å². The van der Waals surface area contributed by atoms with E-state index in [4.69, 9.17) is 0 Å². The number of thiazole rings is 1. The lowest BCUT2D eigenvalue weighted by Crippen LogP contribution is -2.11. The first-order chi connectivity index (χ1) is 10.1. The maximum atomic E-state index is 12.1. The quantitative estimate of drug-likeness (QED) is 0.568. The molecule has 1 amide bonds. The van der Waals surface area contributed by atoms with Gasteiger partial charge >= 0.3 is 0 Å². The fraction of sp³-hybridized carbons (Fsp3) is 0. The standard InChI is InChI=1S/C14H8Br2N2OS2/c15-9-3-1-8(2-4-9)13(19)18-14-17-10(7-20-14)11-5-6-12(16)21-11/h1-7H,(H,17,18,19). The van der Waals surface area contributed by atoms with Gasteiger partial charge in [0, 0.05) is 15.4 Å². The molecule has 1 N–H and O–H groups in total. The molecule has 1 aromatic carbocycles. The molecule has 0 unspecified atom stereocenters. The second-order valence-corrected chi connectivity index (χ2v) is 8.34. The second-order valence-electron chi connectivity index (χ2n) is 4.10. The molecule has 3 rings (SSSR count). The van der Waals surface area contributed by atoms with Crippen molar-refractivity contribution in [2.75, 3.05) is 5.32 Å². The SMILES string of the molecule is O=C(Nc1nc(-c2ccc(Br)s2)cs1)c1ccc(Br)cc1. The number of anilines is 1. The van der Waals surface area contributed by atoms with Crippen LogP contribution in [0, 0.1) is 0 Å². The van der Waals surface area contributed by atoms with Crippen molar-refractivity contribution in [2.24, 2.45) is 0 Å². The third-order valence-corrected chi connectivity index (χ3v) is 5.59. The molecule has 0 aliphatic rings. The van der Waals surface area contributed by atoms with E-state index in [1.807, 2.05) is 29.6 Å². The molecule has 2 aromatic heterocycles. The molecule has 3 aromatic rings. The van der Waals surface area contributed by atoms with Gasteiger partial charge in [-0.15, -0.1) is 22.7 Å². The van der Waals surface area contributed by atoms with Crippen molar-refractivity contribution in [3.63, 3.8) is 0 Å². The summed E-state index contributed by atoms with van der Waals surface area (Å²) in [4.78, 5) is 17.6. The molecule has 0 spiro atoms. The van der Waals surface area contributed by atoms with Gasteiger partial charge in [0.05, 0.1) is 14.4 Å². The van der Waals surface area contributed by atoms with Crippen LogP contribution in [0.25, 0.3) is 10.6 Å². The summed E-state index contributed by atoms with van der Waals surface area (Å²) < 4.78 is 2.00. The summed E-state index contributed by atoms with van der Waals surface area (Å²) >= 11 is 9.81. The van der Waals surface area contributed by atoms with E-state index in [1.54, 1.807) is 23.5 Å². The van der Waals surface area contributed by atoms with Crippen molar-refractivity contribution < 1.29 is 4.79 Å². The van der Waals surface area contributed by atoms with Crippen LogP contribution in [0.3, 0.4) is 0 Å². The monoisotopic (exact) mass is 442 g/mol. The summed E-state index contributed by atoms with van der Waals surface area (Å²) in [5.41, 5.74) is 1.48. The van der Waals surface area contributed by atoms with Gasteiger partial charge in [-0.1, -0.05) is 15.9 Å². The molecule has 0 saturated carbocycles. The third kappa shape index (κ3) is 3.60. The second kappa shape index (κ2) is 6.39. The van der Waals surface area contributed by atoms with Crippen LogP contribution in [-0.2, 0) is 0 Å². The average molecular weight is 444 g/mol. The Hall–Kier alpha value is -1.02. The van der Waals surface area contributed by atoms with Gasteiger partial charge in [0.2, 0.25) is 0 Å². The van der Waals surface area contributed by atoms with Gasteiger partial charge in [-0.2, -0.15) is 0 Å². The Morgan fingerprint density at radius 1 is 1.10 bits per heavy atom. The van der Waals surface area contributed by atoms with Gasteiger partial charge < -0.3 is 0 Å². The van der Waals surface area contributed by atoms with Crippen molar-refractivity contribution in [2.45, 2.75) is 0 Å². The molecule has 7 heteroatoms. The van der Waals surface area contributed by atoms with Crippen LogP contribution in [0.2, 0.25) is 0 Å². The molecule has 0 aliphatic heterocycles. The lowest BCUT2D eigenvalue weighted by atomic mass is 10.2. The minimum atomic E-state index is -0.157. The maximum Gasteiger partial charge on any atom is 0.257 e. The molecular weight excluding hydrogens is 436 g/mol. The highest BCUT2D eigenvalue weighted by Crippen LogP contribution is 2.33. The highest BCUT2D eigenvalue weighted by Gasteiger charge is 2.11. The fourth-order valence-corrected chi connectivity index (χ4v) is 4.06. The number of thiophene rings is 1. The molecule has 0 fully saturated rings. The van der Waals surface area contributed by atoms with E-state index in [0.29, 0.717) is 10.7 Å². The van der Waals surface area contributed by atoms with E-state index < -0.39 is 0 Å². The van der Waals surface area contributed by atoms with E-state index in [9.17, 15) is 4.79 Å². The van der Waals surface area contributed by atoms with Gasteiger partial charge in [0.1, 0.15) is 0 Å². The zero-order valence-electron chi connectivity index (χ0n) is 10.5. The number of rotatable bonds is 3. The van der Waals surface area contributed by atoms with Crippen molar-refractivity contribution in [1.29, 1.82) is 0 Å². The topological polar surface area (TPSA) is 42.0 Å². The smallest absolute Gasteiger partial charge is 0.257 e. The Kier molecular flexibility index (Phi) is 4.54. The average Bonchev–Trinajstić information content (AvgIpc) is 3.08. The van der Waals surface area contributed by atoms with Crippen molar-refractivity contribution in [3.8, 4) is 10.6 Å². The number of hydrogen-bond acceptors (Lipinski definition) is 4. The Morgan fingerprint density at radius 2 is 1.86 bits per heavy atom. The third-order valence-electron chi connectivity index (χ3n) is 2.66. The molecule has 3 nitrogen and oxygen atoms in total. The number of halogens is 2. The highest BCUT2D eigenvalue weighted by atomic mass is 79.9. The molecule has 21 heavy (non-hydrogen) atoms. The van der Waals surface area contributed by atoms with Crippen molar-refractivity contribution in [3.05, 3.63) is 55.6 Å². The van der Waals surface area contributed by atoms with Gasteiger partial charge in [-0.25, -0.2) is 4.98 Å². The number of carbonyl (C=O) groups excluding carboxylic acids is 1. The first-order valence-electron chi connectivity index (χ1n) is 5.90. The molecule has 0 radical (unpaired) electrons. The first-order valence-corrected chi connectivity index (χ1v) is 9.18. The number of aromatic nitrogens is 1. The Morgan fingerprint density at radius 3 is 2.52 bits per heavy atom.